The van der Waals surface area contributed by atoms with Crippen LogP contribution in [0.5, 0.6) is 11.5 Å². The van der Waals surface area contributed by atoms with Gasteiger partial charge in [-0.1, -0.05) is 38.1 Å². The molecule has 1 aliphatic heterocycles. The van der Waals surface area contributed by atoms with Crippen molar-refractivity contribution in [1.82, 2.24) is 5.06 Å². The molecule has 0 aliphatic carbocycles. The number of hydroxylamine groups is 2. The van der Waals surface area contributed by atoms with Gasteiger partial charge in [0, 0.05) is 19.0 Å². The molecule has 0 spiro atoms. The van der Waals surface area contributed by atoms with Crippen LogP contribution >= 0.6 is 0 Å². The van der Waals surface area contributed by atoms with Crippen LogP contribution in [0.4, 0.5) is 0 Å². The second-order valence-corrected chi connectivity index (χ2v) is 6.71. The van der Waals surface area contributed by atoms with Crippen molar-refractivity contribution >= 4 is 0 Å². The van der Waals surface area contributed by atoms with Gasteiger partial charge in [-0.15, -0.1) is 0 Å². The van der Waals surface area contributed by atoms with Crippen molar-refractivity contribution in [2.75, 3.05) is 13.1 Å². The van der Waals surface area contributed by atoms with Crippen molar-refractivity contribution in [2.24, 2.45) is 0 Å². The third-order valence-electron chi connectivity index (χ3n) is 4.66. The first-order valence-electron chi connectivity index (χ1n) is 8.52. The molecule has 24 heavy (non-hydrogen) atoms. The van der Waals surface area contributed by atoms with Gasteiger partial charge in [-0.25, -0.2) is 0 Å². The predicted molar refractivity (Wildman–Crippen MR) is 93.7 cm³/mol. The summed E-state index contributed by atoms with van der Waals surface area (Å²) in [6, 6.07) is 13.9. The van der Waals surface area contributed by atoms with Gasteiger partial charge < -0.3 is 15.1 Å². The molecular formula is C20H25NO3. The molecule has 0 bridgehead atoms. The zero-order valence-corrected chi connectivity index (χ0v) is 14.3. The monoisotopic (exact) mass is 327 g/mol. The number of ether oxygens (including phenoxy) is 1. The van der Waals surface area contributed by atoms with Crippen molar-refractivity contribution in [3.63, 3.8) is 0 Å². The van der Waals surface area contributed by atoms with Crippen molar-refractivity contribution in [1.29, 1.82) is 0 Å². The molecule has 2 aromatic carbocycles. The average molecular weight is 327 g/mol. The molecular weight excluding hydrogens is 302 g/mol. The number of hydrogen-bond donors (Lipinski definition) is 2. The molecule has 0 saturated carbocycles. The number of hydrogen-bond acceptors (Lipinski definition) is 4. The van der Waals surface area contributed by atoms with Gasteiger partial charge in [0.25, 0.3) is 0 Å². The highest BCUT2D eigenvalue weighted by Gasteiger charge is 2.24. The Kier molecular flexibility index (Phi) is 5.19. The molecule has 1 atom stereocenters. The van der Waals surface area contributed by atoms with Crippen molar-refractivity contribution in [3.8, 4) is 11.5 Å². The Bertz CT molecular complexity index is 699. The zero-order chi connectivity index (χ0) is 17.1. The van der Waals surface area contributed by atoms with Gasteiger partial charge in [0.1, 0.15) is 11.5 Å². The molecule has 0 radical (unpaired) electrons. The largest absolute Gasteiger partial charge is 0.457 e. The molecule has 3 rings (SSSR count). The van der Waals surface area contributed by atoms with E-state index < -0.39 is 0 Å². The molecule has 1 saturated heterocycles. The second kappa shape index (κ2) is 7.34. The highest BCUT2D eigenvalue weighted by molar-refractivity contribution is 5.43. The van der Waals surface area contributed by atoms with Gasteiger partial charge in [0.2, 0.25) is 0 Å². The second-order valence-electron chi connectivity index (χ2n) is 6.71. The number of para-hydroxylation sites is 1. The van der Waals surface area contributed by atoms with E-state index in [0.717, 1.165) is 29.0 Å². The first-order valence-corrected chi connectivity index (χ1v) is 8.52. The van der Waals surface area contributed by atoms with E-state index in [0.29, 0.717) is 19.0 Å². The number of aliphatic hydroxyl groups excluding tert-OH is 1. The Morgan fingerprint density at radius 1 is 1.21 bits per heavy atom. The lowest BCUT2D eigenvalue weighted by Crippen LogP contribution is -2.14. The maximum absolute atomic E-state index is 9.75. The molecule has 2 N–H and O–H groups in total. The first kappa shape index (κ1) is 17.0. The van der Waals surface area contributed by atoms with E-state index in [1.807, 2.05) is 36.4 Å². The summed E-state index contributed by atoms with van der Waals surface area (Å²) in [5.41, 5.74) is 3.13. The summed E-state index contributed by atoms with van der Waals surface area (Å²) >= 11 is 0. The van der Waals surface area contributed by atoms with Crippen LogP contribution in [-0.4, -0.2) is 28.5 Å². The fourth-order valence-electron chi connectivity index (χ4n) is 3.35. The Morgan fingerprint density at radius 2 is 2.00 bits per heavy atom. The van der Waals surface area contributed by atoms with Crippen molar-refractivity contribution < 1.29 is 15.1 Å². The highest BCUT2D eigenvalue weighted by Crippen LogP contribution is 2.34. The summed E-state index contributed by atoms with van der Waals surface area (Å²) in [5, 5.41) is 20.7. The van der Waals surface area contributed by atoms with Gasteiger partial charge in [0.15, 0.2) is 0 Å². The Labute approximate surface area is 143 Å². The van der Waals surface area contributed by atoms with Crippen LogP contribution in [-0.2, 0) is 6.61 Å². The van der Waals surface area contributed by atoms with Crippen molar-refractivity contribution in [3.05, 3.63) is 59.2 Å². The predicted octanol–water partition coefficient (Wildman–Crippen LogP) is 4.27. The van der Waals surface area contributed by atoms with E-state index in [-0.39, 0.29) is 12.5 Å². The number of nitrogens with zero attached hydrogens (tertiary/aromatic N) is 1. The molecule has 4 heteroatoms. The van der Waals surface area contributed by atoms with Crippen molar-refractivity contribution in [2.45, 2.75) is 38.7 Å². The molecule has 1 fully saturated rings. The van der Waals surface area contributed by atoms with E-state index in [1.165, 1.54) is 10.6 Å². The Balaban J connectivity index is 1.85. The number of benzene rings is 2. The van der Waals surface area contributed by atoms with E-state index in [9.17, 15) is 10.3 Å². The fraction of sp³-hybridized carbons (Fsp3) is 0.400. The SMILES string of the molecule is CC(C)c1ccccc1Oc1ccc(C2CCN(O)C2)c(CO)c1. The van der Waals surface area contributed by atoms with E-state index >= 15 is 0 Å². The summed E-state index contributed by atoms with van der Waals surface area (Å²) < 4.78 is 6.08. The molecule has 2 aromatic rings. The lowest BCUT2D eigenvalue weighted by Gasteiger charge is -2.17. The molecule has 128 valence electrons. The van der Waals surface area contributed by atoms with Crippen LogP contribution in [0, 0.1) is 0 Å². The normalized spacial score (nSPS) is 18.3. The third kappa shape index (κ3) is 3.61. The van der Waals surface area contributed by atoms with E-state index in [2.05, 4.69) is 19.9 Å². The summed E-state index contributed by atoms with van der Waals surface area (Å²) in [6.45, 7) is 5.55. The van der Waals surface area contributed by atoms with Gasteiger partial charge in [0.05, 0.1) is 6.61 Å². The molecule has 1 heterocycles. The van der Waals surface area contributed by atoms with Crippen LogP contribution in [0.15, 0.2) is 42.5 Å². The smallest absolute Gasteiger partial charge is 0.130 e. The highest BCUT2D eigenvalue weighted by atomic mass is 16.5. The Hall–Kier alpha value is -1.88. The number of rotatable bonds is 5. The minimum absolute atomic E-state index is 0.0275. The standard InChI is InChI=1S/C20H25NO3/c1-14(2)18-5-3-4-6-20(18)24-17-7-8-19(16(11-17)13-22)15-9-10-21(23)12-15/h3-8,11,14-15,22-23H,9-10,12-13H2,1-2H3. The lowest BCUT2D eigenvalue weighted by atomic mass is 9.93. The topological polar surface area (TPSA) is 52.9 Å². The third-order valence-corrected chi connectivity index (χ3v) is 4.66. The van der Waals surface area contributed by atoms with Gasteiger partial charge in [-0.2, -0.15) is 5.06 Å². The zero-order valence-electron chi connectivity index (χ0n) is 14.3. The Morgan fingerprint density at radius 3 is 2.67 bits per heavy atom. The average Bonchev–Trinajstić information content (AvgIpc) is 3.01. The van der Waals surface area contributed by atoms with Gasteiger partial charge >= 0.3 is 0 Å². The maximum atomic E-state index is 9.75. The fourth-order valence-corrected chi connectivity index (χ4v) is 3.35. The first-order chi connectivity index (χ1) is 11.6. The summed E-state index contributed by atoms with van der Waals surface area (Å²) in [7, 11) is 0. The van der Waals surface area contributed by atoms with Gasteiger partial charge in [-0.05, 0) is 47.2 Å². The lowest BCUT2D eigenvalue weighted by molar-refractivity contribution is -0.0691. The molecule has 1 aliphatic rings. The summed E-state index contributed by atoms with van der Waals surface area (Å²) in [5.74, 6) is 2.22. The van der Waals surface area contributed by atoms with Crippen LogP contribution in [0.25, 0.3) is 0 Å². The van der Waals surface area contributed by atoms with Crippen LogP contribution in [0.3, 0.4) is 0 Å². The maximum Gasteiger partial charge on any atom is 0.130 e. The van der Waals surface area contributed by atoms with Crippen LogP contribution in [0.2, 0.25) is 0 Å². The molecule has 0 aromatic heterocycles. The van der Waals surface area contributed by atoms with Crippen LogP contribution in [0.1, 0.15) is 48.8 Å². The molecule has 4 nitrogen and oxygen atoms in total. The summed E-state index contributed by atoms with van der Waals surface area (Å²) in [6.07, 6.45) is 0.903. The quantitative estimate of drug-likeness (QED) is 0.861. The van der Waals surface area contributed by atoms with Crippen LogP contribution < -0.4 is 4.74 Å². The minimum atomic E-state index is -0.0275. The molecule has 0 amide bonds. The van der Waals surface area contributed by atoms with E-state index in [1.54, 1.807) is 0 Å². The summed E-state index contributed by atoms with van der Waals surface area (Å²) in [4.78, 5) is 0. The van der Waals surface area contributed by atoms with E-state index in [4.69, 9.17) is 4.74 Å². The van der Waals surface area contributed by atoms with Gasteiger partial charge in [-0.3, -0.25) is 0 Å². The number of aliphatic hydroxyl groups is 1. The molecule has 1 unspecified atom stereocenters. The minimum Gasteiger partial charge on any atom is -0.457 e.